The largest absolute Gasteiger partial charge is 0.451 e. The van der Waals surface area contributed by atoms with Crippen LogP contribution in [0.4, 0.5) is 5.69 Å². The van der Waals surface area contributed by atoms with Gasteiger partial charge in [0.2, 0.25) is 0 Å². The van der Waals surface area contributed by atoms with E-state index in [1.54, 1.807) is 6.92 Å². The molecule has 1 saturated heterocycles. The summed E-state index contributed by atoms with van der Waals surface area (Å²) in [7, 11) is 0. The smallest absolute Gasteiger partial charge is 0.336 e. The highest BCUT2D eigenvalue weighted by Gasteiger charge is 2.28. The van der Waals surface area contributed by atoms with Crippen LogP contribution in [0.5, 0.6) is 0 Å². The minimum atomic E-state index is -0.888. The molecule has 1 heterocycles. The van der Waals surface area contributed by atoms with Crippen LogP contribution in [0.2, 0.25) is 0 Å². The SMILES string of the molecule is C[C@@H](OC(=O)[C@@H]1CCCO1)C(=O)Nc1ccccc1-c1ccccc1. The van der Waals surface area contributed by atoms with Crippen molar-refractivity contribution in [3.63, 3.8) is 0 Å². The zero-order chi connectivity index (χ0) is 17.6. The van der Waals surface area contributed by atoms with Crippen LogP contribution in [0.15, 0.2) is 54.6 Å². The van der Waals surface area contributed by atoms with Crippen molar-refractivity contribution < 1.29 is 19.1 Å². The normalized spacial score (nSPS) is 17.7. The highest BCUT2D eigenvalue weighted by Crippen LogP contribution is 2.27. The predicted octanol–water partition coefficient (Wildman–Crippen LogP) is 3.40. The summed E-state index contributed by atoms with van der Waals surface area (Å²) in [5.74, 6) is -0.841. The van der Waals surface area contributed by atoms with E-state index in [2.05, 4.69) is 5.32 Å². The number of rotatable bonds is 5. The summed E-state index contributed by atoms with van der Waals surface area (Å²) in [5, 5.41) is 2.85. The van der Waals surface area contributed by atoms with Gasteiger partial charge in [0.05, 0.1) is 0 Å². The molecule has 0 bridgehead atoms. The van der Waals surface area contributed by atoms with Gasteiger partial charge in [0.1, 0.15) is 0 Å². The molecular formula is C20H21NO4. The zero-order valence-electron chi connectivity index (χ0n) is 14.1. The van der Waals surface area contributed by atoms with Crippen molar-refractivity contribution in [2.75, 3.05) is 11.9 Å². The second kappa shape index (κ2) is 7.94. The van der Waals surface area contributed by atoms with E-state index in [1.165, 1.54) is 0 Å². The number of esters is 1. The Morgan fingerprint density at radius 2 is 1.84 bits per heavy atom. The quantitative estimate of drug-likeness (QED) is 0.848. The van der Waals surface area contributed by atoms with Gasteiger partial charge in [-0.3, -0.25) is 4.79 Å². The van der Waals surface area contributed by atoms with Crippen LogP contribution in [-0.4, -0.2) is 30.7 Å². The third kappa shape index (κ3) is 4.25. The number of para-hydroxylation sites is 1. The Hall–Kier alpha value is -2.66. The summed E-state index contributed by atoms with van der Waals surface area (Å²) < 4.78 is 10.5. The lowest BCUT2D eigenvalue weighted by Gasteiger charge is -2.17. The van der Waals surface area contributed by atoms with Gasteiger partial charge in [0.25, 0.3) is 5.91 Å². The molecule has 1 amide bonds. The number of nitrogens with one attached hydrogen (secondary N) is 1. The van der Waals surface area contributed by atoms with Crippen molar-refractivity contribution in [1.29, 1.82) is 0 Å². The lowest BCUT2D eigenvalue weighted by molar-refractivity contribution is -0.162. The van der Waals surface area contributed by atoms with E-state index >= 15 is 0 Å². The van der Waals surface area contributed by atoms with Gasteiger partial charge in [-0.25, -0.2) is 4.79 Å². The maximum atomic E-state index is 12.4. The molecule has 1 N–H and O–H groups in total. The standard InChI is InChI=1S/C20H21NO4/c1-14(25-20(23)18-12-7-13-24-18)19(22)21-17-11-6-5-10-16(17)15-8-3-2-4-9-15/h2-6,8-11,14,18H,7,12-13H2,1H3,(H,21,22)/t14-,18+/m1/s1. The summed E-state index contributed by atoms with van der Waals surface area (Å²) in [5.41, 5.74) is 2.59. The van der Waals surface area contributed by atoms with Crippen molar-refractivity contribution in [3.05, 3.63) is 54.6 Å². The summed E-state index contributed by atoms with van der Waals surface area (Å²) in [6.45, 7) is 2.12. The van der Waals surface area contributed by atoms with Gasteiger partial charge in [-0.1, -0.05) is 48.5 Å². The molecule has 0 saturated carbocycles. The van der Waals surface area contributed by atoms with Crippen LogP contribution in [-0.2, 0) is 19.1 Å². The van der Waals surface area contributed by atoms with Crippen LogP contribution >= 0.6 is 0 Å². The average Bonchev–Trinajstić information content (AvgIpc) is 3.17. The van der Waals surface area contributed by atoms with E-state index < -0.39 is 18.2 Å². The van der Waals surface area contributed by atoms with Gasteiger partial charge in [0, 0.05) is 17.9 Å². The molecule has 0 unspecified atom stereocenters. The molecule has 5 heteroatoms. The summed E-state index contributed by atoms with van der Waals surface area (Å²) >= 11 is 0. The predicted molar refractivity (Wildman–Crippen MR) is 95.0 cm³/mol. The van der Waals surface area contributed by atoms with Crippen molar-refractivity contribution in [2.24, 2.45) is 0 Å². The molecule has 1 aliphatic rings. The maximum Gasteiger partial charge on any atom is 0.336 e. The first-order valence-corrected chi connectivity index (χ1v) is 8.42. The fourth-order valence-electron chi connectivity index (χ4n) is 2.76. The molecular weight excluding hydrogens is 318 g/mol. The summed E-state index contributed by atoms with van der Waals surface area (Å²) in [4.78, 5) is 24.4. The molecule has 0 aliphatic carbocycles. The average molecular weight is 339 g/mol. The Kier molecular flexibility index (Phi) is 5.46. The van der Waals surface area contributed by atoms with E-state index in [1.807, 2.05) is 54.6 Å². The van der Waals surface area contributed by atoms with E-state index in [4.69, 9.17) is 9.47 Å². The van der Waals surface area contributed by atoms with E-state index in [0.717, 1.165) is 17.5 Å². The van der Waals surface area contributed by atoms with E-state index in [9.17, 15) is 9.59 Å². The van der Waals surface area contributed by atoms with Crippen molar-refractivity contribution in [3.8, 4) is 11.1 Å². The Bertz CT molecular complexity index is 738. The molecule has 2 aromatic carbocycles. The Morgan fingerprint density at radius 1 is 1.12 bits per heavy atom. The number of carbonyl (C=O) groups excluding carboxylic acids is 2. The van der Waals surface area contributed by atoms with E-state index in [-0.39, 0.29) is 5.91 Å². The van der Waals surface area contributed by atoms with Gasteiger partial charge in [-0.2, -0.15) is 0 Å². The van der Waals surface area contributed by atoms with Gasteiger partial charge < -0.3 is 14.8 Å². The van der Waals surface area contributed by atoms with Gasteiger partial charge in [-0.15, -0.1) is 0 Å². The molecule has 130 valence electrons. The number of amides is 1. The van der Waals surface area contributed by atoms with Crippen LogP contribution in [0.3, 0.4) is 0 Å². The maximum absolute atomic E-state index is 12.4. The van der Waals surface area contributed by atoms with Gasteiger partial charge >= 0.3 is 5.97 Å². The molecule has 0 radical (unpaired) electrons. The van der Waals surface area contributed by atoms with Crippen LogP contribution in [0.25, 0.3) is 11.1 Å². The third-order valence-electron chi connectivity index (χ3n) is 4.12. The van der Waals surface area contributed by atoms with Gasteiger partial charge in [-0.05, 0) is 31.4 Å². The third-order valence-corrected chi connectivity index (χ3v) is 4.12. The molecule has 2 atom stereocenters. The fourth-order valence-corrected chi connectivity index (χ4v) is 2.76. The first-order chi connectivity index (χ1) is 12.1. The van der Waals surface area contributed by atoms with Crippen molar-refractivity contribution in [2.45, 2.75) is 32.0 Å². The Balaban J connectivity index is 1.67. The zero-order valence-corrected chi connectivity index (χ0v) is 14.1. The molecule has 5 nitrogen and oxygen atoms in total. The lowest BCUT2D eigenvalue weighted by atomic mass is 10.0. The molecule has 3 rings (SSSR count). The van der Waals surface area contributed by atoms with Crippen molar-refractivity contribution in [1.82, 2.24) is 0 Å². The number of benzene rings is 2. The molecule has 1 aliphatic heterocycles. The number of carbonyl (C=O) groups is 2. The fraction of sp³-hybridized carbons (Fsp3) is 0.300. The molecule has 0 aromatic heterocycles. The summed E-state index contributed by atoms with van der Waals surface area (Å²) in [6, 6.07) is 17.3. The topological polar surface area (TPSA) is 64.6 Å². The highest BCUT2D eigenvalue weighted by atomic mass is 16.6. The summed E-state index contributed by atoms with van der Waals surface area (Å²) in [6.07, 6.45) is 0.0434. The van der Waals surface area contributed by atoms with Crippen LogP contribution in [0.1, 0.15) is 19.8 Å². The second-order valence-corrected chi connectivity index (χ2v) is 5.98. The van der Waals surface area contributed by atoms with Gasteiger partial charge in [0.15, 0.2) is 12.2 Å². The van der Waals surface area contributed by atoms with Crippen LogP contribution < -0.4 is 5.32 Å². The van der Waals surface area contributed by atoms with E-state index in [0.29, 0.717) is 18.7 Å². The molecule has 25 heavy (non-hydrogen) atoms. The Labute approximate surface area is 147 Å². The van der Waals surface area contributed by atoms with Crippen LogP contribution in [0, 0.1) is 0 Å². The first kappa shape index (κ1) is 17.2. The number of hydrogen-bond acceptors (Lipinski definition) is 4. The monoisotopic (exact) mass is 339 g/mol. The second-order valence-electron chi connectivity index (χ2n) is 5.98. The minimum Gasteiger partial charge on any atom is -0.451 e. The Morgan fingerprint density at radius 3 is 2.56 bits per heavy atom. The lowest BCUT2D eigenvalue weighted by Crippen LogP contribution is -2.34. The number of hydrogen-bond donors (Lipinski definition) is 1. The minimum absolute atomic E-state index is 0.366. The highest BCUT2D eigenvalue weighted by molar-refractivity contribution is 5.98. The molecule has 2 aromatic rings. The number of anilines is 1. The van der Waals surface area contributed by atoms with Crippen molar-refractivity contribution >= 4 is 17.6 Å². The molecule has 0 spiro atoms. The number of ether oxygens (including phenoxy) is 2. The molecule has 1 fully saturated rings. The first-order valence-electron chi connectivity index (χ1n) is 8.42.